The number of thioether (sulfide) groups is 1. The second-order valence-corrected chi connectivity index (χ2v) is 5.34. The maximum Gasteiger partial charge on any atom is 0.223 e. The van der Waals surface area contributed by atoms with Gasteiger partial charge in [-0.25, -0.2) is 9.97 Å². The molecule has 3 heterocycles. The first kappa shape index (κ1) is 13.6. The number of nitrogen functional groups attached to an aromatic ring is 1. The van der Waals surface area contributed by atoms with Crippen molar-refractivity contribution in [2.24, 2.45) is 0 Å². The SMILES string of the molecule is CSc1nc(N)nc2c1ncn2[C@@H]1O[C@@H](CO)C[C@H]1O. The normalized spacial score (nSPS) is 26.4. The zero-order chi connectivity index (χ0) is 14.3. The summed E-state index contributed by atoms with van der Waals surface area (Å²) in [4.78, 5) is 12.6. The molecule has 0 aromatic carbocycles. The third kappa shape index (κ3) is 2.12. The van der Waals surface area contributed by atoms with Crippen LogP contribution in [0.5, 0.6) is 0 Å². The van der Waals surface area contributed by atoms with Crippen LogP contribution in [0.4, 0.5) is 5.95 Å². The molecule has 108 valence electrons. The van der Waals surface area contributed by atoms with Gasteiger partial charge in [-0.2, -0.15) is 4.98 Å². The van der Waals surface area contributed by atoms with Crippen molar-refractivity contribution in [2.45, 2.75) is 29.9 Å². The Labute approximate surface area is 119 Å². The zero-order valence-corrected chi connectivity index (χ0v) is 11.6. The number of ether oxygens (including phenoxy) is 1. The van der Waals surface area contributed by atoms with Crippen LogP contribution in [0.15, 0.2) is 11.4 Å². The number of rotatable bonds is 3. The highest BCUT2D eigenvalue weighted by Crippen LogP contribution is 2.32. The molecule has 0 radical (unpaired) electrons. The van der Waals surface area contributed by atoms with Crippen LogP contribution in [0.25, 0.3) is 11.2 Å². The lowest BCUT2D eigenvalue weighted by Crippen LogP contribution is -2.19. The Bertz CT molecular complexity index is 634. The highest BCUT2D eigenvalue weighted by atomic mass is 32.2. The second kappa shape index (κ2) is 5.17. The van der Waals surface area contributed by atoms with E-state index in [4.69, 9.17) is 15.6 Å². The Morgan fingerprint density at radius 2 is 2.35 bits per heavy atom. The fourth-order valence-corrected chi connectivity index (χ4v) is 2.86. The molecule has 1 aliphatic rings. The van der Waals surface area contributed by atoms with Crippen LogP contribution in [-0.2, 0) is 4.74 Å². The van der Waals surface area contributed by atoms with Gasteiger partial charge in [0.15, 0.2) is 11.9 Å². The Morgan fingerprint density at radius 3 is 3.00 bits per heavy atom. The number of aromatic nitrogens is 4. The fourth-order valence-electron chi connectivity index (χ4n) is 2.33. The van der Waals surface area contributed by atoms with Crippen LogP contribution in [0.1, 0.15) is 12.6 Å². The molecule has 1 saturated heterocycles. The molecule has 0 spiro atoms. The first-order valence-corrected chi connectivity index (χ1v) is 7.35. The van der Waals surface area contributed by atoms with Crippen LogP contribution >= 0.6 is 11.8 Å². The summed E-state index contributed by atoms with van der Waals surface area (Å²) in [6.07, 6.45) is 2.07. The number of aliphatic hydroxyl groups is 2. The van der Waals surface area contributed by atoms with E-state index in [0.717, 1.165) is 0 Å². The van der Waals surface area contributed by atoms with E-state index >= 15 is 0 Å². The van der Waals surface area contributed by atoms with Gasteiger partial charge in [-0.15, -0.1) is 11.8 Å². The molecule has 8 nitrogen and oxygen atoms in total. The van der Waals surface area contributed by atoms with E-state index in [1.807, 2.05) is 6.26 Å². The summed E-state index contributed by atoms with van der Waals surface area (Å²) in [5, 5.41) is 19.9. The first-order chi connectivity index (χ1) is 9.63. The standard InChI is InChI=1S/C11H15N5O3S/c1-20-9-7-8(14-11(12)15-9)16(4-13-7)10-6(18)2-5(3-17)19-10/h4-6,10,17-18H,2-3H2,1H3,(H2,12,14,15)/t5-,6-,10-/m1/s1. The lowest BCUT2D eigenvalue weighted by molar-refractivity contribution is -0.0486. The molecule has 0 saturated carbocycles. The lowest BCUT2D eigenvalue weighted by Gasteiger charge is -2.16. The molecular weight excluding hydrogens is 282 g/mol. The number of nitrogens with two attached hydrogens (primary N) is 1. The number of nitrogens with zero attached hydrogens (tertiary/aromatic N) is 4. The Balaban J connectivity index is 2.07. The van der Waals surface area contributed by atoms with Crippen molar-refractivity contribution in [3.63, 3.8) is 0 Å². The first-order valence-electron chi connectivity index (χ1n) is 6.12. The molecule has 0 aliphatic carbocycles. The molecule has 3 rings (SSSR count). The Morgan fingerprint density at radius 1 is 1.55 bits per heavy atom. The molecule has 0 bridgehead atoms. The quantitative estimate of drug-likeness (QED) is 0.525. The molecule has 3 atom stereocenters. The monoisotopic (exact) mass is 297 g/mol. The minimum absolute atomic E-state index is 0.132. The molecule has 2 aromatic rings. The molecule has 2 aromatic heterocycles. The minimum atomic E-state index is -0.724. The van der Waals surface area contributed by atoms with Crippen molar-refractivity contribution in [1.82, 2.24) is 19.5 Å². The summed E-state index contributed by atoms with van der Waals surface area (Å²) in [5.74, 6) is 0.148. The van der Waals surface area contributed by atoms with Crippen molar-refractivity contribution in [2.75, 3.05) is 18.6 Å². The van der Waals surface area contributed by atoms with Gasteiger partial charge in [0.25, 0.3) is 0 Å². The molecule has 0 amide bonds. The van der Waals surface area contributed by atoms with Crippen molar-refractivity contribution in [1.29, 1.82) is 0 Å². The van der Waals surface area contributed by atoms with E-state index < -0.39 is 12.3 Å². The molecular formula is C11H15N5O3S. The maximum absolute atomic E-state index is 10.1. The van der Waals surface area contributed by atoms with Crippen LogP contribution < -0.4 is 5.73 Å². The summed E-state index contributed by atoms with van der Waals surface area (Å²) < 4.78 is 7.24. The molecule has 1 fully saturated rings. The number of anilines is 1. The average Bonchev–Trinajstić information content (AvgIpc) is 3.00. The predicted molar refractivity (Wildman–Crippen MR) is 73.1 cm³/mol. The van der Waals surface area contributed by atoms with E-state index in [1.54, 1.807) is 10.9 Å². The van der Waals surface area contributed by atoms with Gasteiger partial charge >= 0.3 is 0 Å². The van der Waals surface area contributed by atoms with Gasteiger partial charge in [0.05, 0.1) is 19.0 Å². The van der Waals surface area contributed by atoms with E-state index in [9.17, 15) is 5.11 Å². The summed E-state index contributed by atoms with van der Waals surface area (Å²) in [7, 11) is 0. The largest absolute Gasteiger partial charge is 0.394 e. The smallest absolute Gasteiger partial charge is 0.223 e. The highest BCUT2D eigenvalue weighted by Gasteiger charge is 2.36. The topological polar surface area (TPSA) is 119 Å². The summed E-state index contributed by atoms with van der Waals surface area (Å²) in [6.45, 7) is -0.132. The van der Waals surface area contributed by atoms with E-state index in [-0.39, 0.29) is 18.7 Å². The number of hydrogen-bond donors (Lipinski definition) is 3. The van der Waals surface area contributed by atoms with Crippen molar-refractivity contribution in [3.05, 3.63) is 6.33 Å². The third-order valence-electron chi connectivity index (χ3n) is 3.24. The van der Waals surface area contributed by atoms with Crippen LogP contribution in [0, 0.1) is 0 Å². The van der Waals surface area contributed by atoms with Crippen molar-refractivity contribution >= 4 is 28.9 Å². The summed E-state index contributed by atoms with van der Waals surface area (Å²) in [6, 6.07) is 0. The van der Waals surface area contributed by atoms with Crippen molar-refractivity contribution < 1.29 is 14.9 Å². The molecule has 9 heteroatoms. The van der Waals surface area contributed by atoms with E-state index in [2.05, 4.69) is 15.0 Å². The highest BCUT2D eigenvalue weighted by molar-refractivity contribution is 7.98. The Hall–Kier alpha value is -1.42. The van der Waals surface area contributed by atoms with Crippen LogP contribution in [-0.4, -0.2) is 54.8 Å². The minimum Gasteiger partial charge on any atom is -0.394 e. The van der Waals surface area contributed by atoms with Gasteiger partial charge in [0.1, 0.15) is 16.6 Å². The summed E-state index contributed by atoms with van der Waals surface area (Å²) in [5.41, 5.74) is 6.83. The number of fused-ring (bicyclic) bond motifs is 1. The van der Waals surface area contributed by atoms with E-state index in [1.165, 1.54) is 11.8 Å². The molecule has 0 unspecified atom stereocenters. The summed E-state index contributed by atoms with van der Waals surface area (Å²) >= 11 is 1.42. The fraction of sp³-hybridized carbons (Fsp3) is 0.545. The van der Waals surface area contributed by atoms with Gasteiger partial charge in [0.2, 0.25) is 5.95 Å². The van der Waals surface area contributed by atoms with Gasteiger partial charge in [-0.05, 0) is 6.26 Å². The number of hydrogen-bond acceptors (Lipinski definition) is 8. The molecule has 1 aliphatic heterocycles. The number of aliphatic hydroxyl groups excluding tert-OH is 2. The van der Waals surface area contributed by atoms with Gasteiger partial charge in [-0.3, -0.25) is 4.57 Å². The maximum atomic E-state index is 10.1. The van der Waals surface area contributed by atoms with Gasteiger partial charge < -0.3 is 20.7 Å². The number of imidazole rings is 1. The second-order valence-electron chi connectivity index (χ2n) is 4.55. The molecule has 20 heavy (non-hydrogen) atoms. The van der Waals surface area contributed by atoms with Gasteiger partial charge in [0, 0.05) is 6.42 Å². The van der Waals surface area contributed by atoms with Crippen molar-refractivity contribution in [3.8, 4) is 0 Å². The van der Waals surface area contributed by atoms with E-state index in [0.29, 0.717) is 22.6 Å². The van der Waals surface area contributed by atoms with Crippen LogP contribution in [0.3, 0.4) is 0 Å². The molecule has 4 N–H and O–H groups in total. The predicted octanol–water partition coefficient (Wildman–Crippen LogP) is -0.229. The lowest BCUT2D eigenvalue weighted by atomic mass is 10.2. The van der Waals surface area contributed by atoms with Gasteiger partial charge in [-0.1, -0.05) is 0 Å². The van der Waals surface area contributed by atoms with Crippen LogP contribution in [0.2, 0.25) is 0 Å². The third-order valence-corrected chi connectivity index (χ3v) is 3.91. The zero-order valence-electron chi connectivity index (χ0n) is 10.8. The Kier molecular flexibility index (Phi) is 3.50. The average molecular weight is 297 g/mol.